The smallest absolute Gasteiger partial charge is 0.330 e. The van der Waals surface area contributed by atoms with Crippen molar-refractivity contribution in [2.24, 2.45) is 0 Å². The Bertz CT molecular complexity index is 1320. The van der Waals surface area contributed by atoms with Crippen molar-refractivity contribution < 1.29 is 9.13 Å². The van der Waals surface area contributed by atoms with Gasteiger partial charge in [0, 0.05) is 25.1 Å². The molecule has 3 heterocycles. The number of hydrogen-bond donors (Lipinski definition) is 1. The first kappa shape index (κ1) is 21.2. The minimum atomic E-state index is -0.460. The zero-order chi connectivity index (χ0) is 22.0. The first-order valence-corrected chi connectivity index (χ1v) is 10.9. The van der Waals surface area contributed by atoms with Gasteiger partial charge in [-0.05, 0) is 36.2 Å². The number of H-pyrrole nitrogens is 1. The number of nitrogens with one attached hydrogen (secondary N) is 1. The Labute approximate surface area is 181 Å². The molecule has 0 bridgehead atoms. The molecule has 4 rings (SSSR count). The van der Waals surface area contributed by atoms with Gasteiger partial charge in [-0.2, -0.15) is 0 Å². The third-order valence-electron chi connectivity index (χ3n) is 5.09. The second-order valence-electron chi connectivity index (χ2n) is 7.19. The van der Waals surface area contributed by atoms with E-state index in [1.807, 2.05) is 19.1 Å². The van der Waals surface area contributed by atoms with Gasteiger partial charge >= 0.3 is 5.69 Å². The van der Waals surface area contributed by atoms with Crippen LogP contribution in [0.2, 0.25) is 0 Å². The van der Waals surface area contributed by atoms with E-state index >= 15 is 0 Å². The summed E-state index contributed by atoms with van der Waals surface area (Å²) in [4.78, 5) is 34.1. The summed E-state index contributed by atoms with van der Waals surface area (Å²) in [6.07, 6.45) is 1.71. The van der Waals surface area contributed by atoms with Crippen LogP contribution in [-0.4, -0.2) is 32.8 Å². The molecule has 0 aliphatic heterocycles. The molecule has 0 saturated carbocycles. The van der Waals surface area contributed by atoms with Crippen molar-refractivity contribution in [2.75, 3.05) is 13.7 Å². The largest absolute Gasteiger partial charge is 0.383 e. The number of thiophene rings is 1. The van der Waals surface area contributed by atoms with Crippen LogP contribution in [0.25, 0.3) is 32.3 Å². The summed E-state index contributed by atoms with van der Waals surface area (Å²) < 4.78 is 21.8. The number of benzene rings is 1. The monoisotopic (exact) mass is 442 g/mol. The van der Waals surface area contributed by atoms with Crippen LogP contribution in [0.4, 0.5) is 4.39 Å². The predicted molar refractivity (Wildman–Crippen MR) is 120 cm³/mol. The normalized spacial score (nSPS) is 11.5. The molecule has 0 atom stereocenters. The molecule has 1 aromatic carbocycles. The minimum absolute atomic E-state index is 0.286. The van der Waals surface area contributed by atoms with Crippen LogP contribution in [0.15, 0.2) is 46.0 Å². The summed E-state index contributed by atoms with van der Waals surface area (Å²) in [5.41, 5.74) is 0.726. The van der Waals surface area contributed by atoms with Crippen molar-refractivity contribution in [3.8, 4) is 21.1 Å². The first-order chi connectivity index (χ1) is 15.0. The Hall–Kier alpha value is -3.04. The molecule has 0 aliphatic rings. The van der Waals surface area contributed by atoms with E-state index in [1.165, 1.54) is 28.0 Å². The van der Waals surface area contributed by atoms with Gasteiger partial charge in [0.05, 0.1) is 11.5 Å². The number of ether oxygens (including phenoxy) is 1. The van der Waals surface area contributed by atoms with Gasteiger partial charge in [-0.25, -0.2) is 14.2 Å². The number of rotatable bonds is 8. The van der Waals surface area contributed by atoms with Gasteiger partial charge in [0.15, 0.2) is 17.0 Å². The van der Waals surface area contributed by atoms with Crippen LogP contribution in [0.5, 0.6) is 0 Å². The van der Waals surface area contributed by atoms with Gasteiger partial charge in [0.1, 0.15) is 5.82 Å². The van der Waals surface area contributed by atoms with E-state index in [4.69, 9.17) is 9.72 Å². The molecule has 0 spiro atoms. The van der Waals surface area contributed by atoms with E-state index in [1.54, 1.807) is 23.8 Å². The number of nitrogens with zero attached hydrogens (tertiary/aromatic N) is 3. The fraction of sp³-hybridized carbons (Fsp3) is 0.318. The number of halogens is 1. The summed E-state index contributed by atoms with van der Waals surface area (Å²) in [7, 11) is 1.60. The lowest BCUT2D eigenvalue weighted by molar-refractivity contribution is 0.188. The third kappa shape index (κ3) is 4.11. The lowest BCUT2D eigenvalue weighted by Gasteiger charge is -2.08. The number of aromatic amines is 1. The highest BCUT2D eigenvalue weighted by atomic mass is 32.1. The molecule has 9 heteroatoms. The second kappa shape index (κ2) is 8.99. The van der Waals surface area contributed by atoms with Gasteiger partial charge in [-0.15, -0.1) is 11.3 Å². The van der Waals surface area contributed by atoms with Crippen molar-refractivity contribution in [1.82, 2.24) is 19.1 Å². The van der Waals surface area contributed by atoms with Gasteiger partial charge in [0.2, 0.25) is 0 Å². The van der Waals surface area contributed by atoms with Gasteiger partial charge < -0.3 is 9.30 Å². The van der Waals surface area contributed by atoms with Crippen molar-refractivity contribution in [3.63, 3.8) is 0 Å². The van der Waals surface area contributed by atoms with E-state index in [0.29, 0.717) is 36.7 Å². The third-order valence-corrected chi connectivity index (χ3v) is 6.23. The molecule has 3 aromatic heterocycles. The van der Waals surface area contributed by atoms with Crippen LogP contribution >= 0.6 is 11.3 Å². The Morgan fingerprint density at radius 1 is 1.06 bits per heavy atom. The van der Waals surface area contributed by atoms with Crippen molar-refractivity contribution in [3.05, 3.63) is 63.1 Å². The topological polar surface area (TPSA) is 81.9 Å². The van der Waals surface area contributed by atoms with Crippen LogP contribution in [0.3, 0.4) is 0 Å². The standard InChI is InChI=1S/C22H23FN4O3S/c1-3-4-11-27-20-18(21(28)25-22(27)29)26(12-13-30-2)19(24-20)17-10-9-16(31-17)14-5-7-15(23)8-6-14/h5-10H,3-4,11-13H2,1-2H3,(H,25,28,29). The number of fused-ring (bicyclic) bond motifs is 1. The summed E-state index contributed by atoms with van der Waals surface area (Å²) in [6, 6.07) is 10.2. The van der Waals surface area contributed by atoms with Gasteiger partial charge in [-0.1, -0.05) is 25.5 Å². The molecule has 31 heavy (non-hydrogen) atoms. The average molecular weight is 443 g/mol. The lowest BCUT2D eigenvalue weighted by atomic mass is 10.2. The Morgan fingerprint density at radius 2 is 1.81 bits per heavy atom. The number of aryl methyl sites for hydroxylation is 1. The summed E-state index contributed by atoms with van der Waals surface area (Å²) in [5, 5.41) is 0. The van der Waals surface area contributed by atoms with Crippen molar-refractivity contribution in [2.45, 2.75) is 32.9 Å². The molecule has 0 unspecified atom stereocenters. The lowest BCUT2D eigenvalue weighted by Crippen LogP contribution is -2.31. The molecule has 0 aliphatic carbocycles. The second-order valence-corrected chi connectivity index (χ2v) is 8.27. The zero-order valence-corrected chi connectivity index (χ0v) is 18.2. The highest BCUT2D eigenvalue weighted by Gasteiger charge is 2.20. The molecule has 7 nitrogen and oxygen atoms in total. The molecular formula is C22H23FN4O3S. The number of imidazole rings is 1. The number of aromatic nitrogens is 4. The van der Waals surface area contributed by atoms with Crippen LogP contribution < -0.4 is 11.2 Å². The first-order valence-electron chi connectivity index (χ1n) is 10.1. The Balaban J connectivity index is 1.89. The fourth-order valence-corrected chi connectivity index (χ4v) is 4.52. The highest BCUT2D eigenvalue weighted by molar-refractivity contribution is 7.18. The number of hydrogen-bond acceptors (Lipinski definition) is 5. The summed E-state index contributed by atoms with van der Waals surface area (Å²) in [5.74, 6) is 0.318. The SMILES string of the molecule is CCCCn1c(=O)[nH]c(=O)c2c1nc(-c1ccc(-c3ccc(F)cc3)s1)n2CCOC. The van der Waals surface area contributed by atoms with E-state index in [2.05, 4.69) is 4.98 Å². The van der Waals surface area contributed by atoms with Crippen molar-refractivity contribution >= 4 is 22.5 Å². The molecular weight excluding hydrogens is 419 g/mol. The molecule has 162 valence electrons. The van der Waals surface area contributed by atoms with E-state index in [-0.39, 0.29) is 5.82 Å². The fourth-order valence-electron chi connectivity index (χ4n) is 3.51. The zero-order valence-electron chi connectivity index (χ0n) is 17.4. The molecule has 4 aromatic rings. The van der Waals surface area contributed by atoms with Crippen LogP contribution in [0.1, 0.15) is 19.8 Å². The maximum Gasteiger partial charge on any atom is 0.330 e. The minimum Gasteiger partial charge on any atom is -0.383 e. The highest BCUT2D eigenvalue weighted by Crippen LogP contribution is 2.35. The molecule has 0 saturated heterocycles. The number of methoxy groups -OCH3 is 1. The van der Waals surface area contributed by atoms with Gasteiger partial charge in [0.25, 0.3) is 5.56 Å². The number of unbranched alkanes of at least 4 members (excludes halogenated alkanes) is 1. The Morgan fingerprint density at radius 3 is 2.52 bits per heavy atom. The molecule has 0 amide bonds. The Kier molecular flexibility index (Phi) is 6.15. The van der Waals surface area contributed by atoms with Crippen molar-refractivity contribution in [1.29, 1.82) is 0 Å². The summed E-state index contributed by atoms with van der Waals surface area (Å²) in [6.45, 7) is 3.33. The maximum absolute atomic E-state index is 13.3. The predicted octanol–water partition coefficient (Wildman–Crippen LogP) is 3.87. The molecule has 1 N–H and O–H groups in total. The quantitative estimate of drug-likeness (QED) is 0.449. The van der Waals surface area contributed by atoms with E-state index in [9.17, 15) is 14.0 Å². The molecule has 0 radical (unpaired) electrons. The maximum atomic E-state index is 13.3. The summed E-state index contributed by atoms with van der Waals surface area (Å²) >= 11 is 1.50. The van der Waals surface area contributed by atoms with E-state index < -0.39 is 11.2 Å². The average Bonchev–Trinajstić information content (AvgIpc) is 3.38. The van der Waals surface area contributed by atoms with E-state index in [0.717, 1.165) is 28.2 Å². The van der Waals surface area contributed by atoms with Crippen LogP contribution in [-0.2, 0) is 17.8 Å². The van der Waals surface area contributed by atoms with Gasteiger partial charge in [-0.3, -0.25) is 14.3 Å². The van der Waals surface area contributed by atoms with Crippen LogP contribution in [0, 0.1) is 5.82 Å². The molecule has 0 fully saturated rings.